The monoisotopic (exact) mass is 1800 g/mol. The topological polar surface area (TPSA) is 725 Å². The minimum Gasteiger partial charge on any atom is -0.744 e. The van der Waals surface area contributed by atoms with Crippen LogP contribution in [0.15, 0.2) is 204 Å². The van der Waals surface area contributed by atoms with Crippen LogP contribution >= 0.6 is 0 Å². The molecule has 0 amide bonds. The van der Waals surface area contributed by atoms with E-state index in [0.717, 1.165) is 72.8 Å². The van der Waals surface area contributed by atoms with Gasteiger partial charge in [0.05, 0.1) is 29.4 Å². The summed E-state index contributed by atoms with van der Waals surface area (Å²) in [5, 5.41) is 48.3. The van der Waals surface area contributed by atoms with Crippen LogP contribution in [0.5, 0.6) is 0 Å². The zero-order valence-electron chi connectivity index (χ0n) is 43.1. The van der Waals surface area contributed by atoms with Gasteiger partial charge in [-0.25, -0.2) is 82.1 Å². The van der Waals surface area contributed by atoms with Crippen molar-refractivity contribution in [2.45, 2.75) is 58.7 Å². The van der Waals surface area contributed by atoms with Crippen molar-refractivity contribution >= 4 is 121 Å². The van der Waals surface area contributed by atoms with Crippen molar-refractivity contribution in [2.24, 2.45) is 0 Å². The Morgan fingerprint density at radius 2 is 0.261 bits per heavy atom. The van der Waals surface area contributed by atoms with Gasteiger partial charge < -0.3 is 27.3 Å². The molecular weight excluding hydrogens is 1780 g/mol. The smallest absolute Gasteiger partial charge is 0.744 e. The van der Waals surface area contributed by atoms with E-state index in [2.05, 4.69) is 26.0 Å². The van der Waals surface area contributed by atoms with Gasteiger partial charge in [0, 0.05) is 0 Å². The molecular formula is C36H30Nd2O42S12. The van der Waals surface area contributed by atoms with Crippen molar-refractivity contribution in [2.75, 3.05) is 0 Å². The summed E-state index contributed by atoms with van der Waals surface area (Å²) >= 11 is 0. The number of benzene rings is 6. The van der Waals surface area contributed by atoms with Crippen LogP contribution in [0.3, 0.4) is 0 Å². The normalized spacial score (nSPS) is 12.4. The molecule has 0 spiro atoms. The third kappa shape index (κ3) is 27.3. The van der Waals surface area contributed by atoms with Gasteiger partial charge in [-0.15, -0.1) is 26.0 Å². The molecule has 2 radical (unpaired) electrons. The van der Waals surface area contributed by atoms with E-state index in [0.29, 0.717) is 0 Å². The Balaban J connectivity index is 0. The summed E-state index contributed by atoms with van der Waals surface area (Å²) in [5.41, 5.74) is 0. The maximum atomic E-state index is 11.0. The minimum absolute atomic E-state index is 0. The SMILES string of the molecule is O=S(=O)([O-])c1ccccc1S(=O)(=O)OO.O=S(=O)([O-])c1ccccc1S(=O)(=O)OO.O=S(=O)([O-])c1ccccc1S(=O)(=O)OO.O=S(=O)([O-])c1ccccc1S(=O)(=O)OO.O=S(=O)([O-])c1ccccc1S(=O)(=O)OO.O=S(=O)([O-])c1ccccc1S(=O)(=O)OO.[Nd+3].[Nd+3]. The number of rotatable bonds is 18. The summed E-state index contributed by atoms with van der Waals surface area (Å²) < 4.78 is 343. The molecule has 0 fully saturated rings. The standard InChI is InChI=1S/6C6H6O7S2.2Nd/c6*7-13-15(11,12)6-4-2-1-3-5(6)14(8,9)10;;/h6*1-4,7H,(H,8,9,10);;/q;;;;;;2*+3/p-6. The van der Waals surface area contributed by atoms with Crippen molar-refractivity contribution in [1.29, 1.82) is 0 Å². The molecule has 6 aromatic rings. The first-order valence-corrected chi connectivity index (χ1v) is 37.4. The molecule has 0 saturated carbocycles. The Hall–Kier alpha value is -3.30. The van der Waals surface area contributed by atoms with Crippen LogP contribution in [0.1, 0.15) is 0 Å². The quantitative estimate of drug-likeness (QED) is 0.0328. The molecule has 0 aliphatic carbocycles. The van der Waals surface area contributed by atoms with Gasteiger partial charge in [0.25, 0.3) is 0 Å². The Bertz CT molecular complexity index is 4170. The number of hydrogen-bond donors (Lipinski definition) is 6. The molecule has 0 heterocycles. The molecule has 6 N–H and O–H groups in total. The van der Waals surface area contributed by atoms with Crippen molar-refractivity contribution < 1.29 is 268 Å². The zero-order valence-corrected chi connectivity index (χ0v) is 59.3. The van der Waals surface area contributed by atoms with Crippen molar-refractivity contribution in [3.63, 3.8) is 0 Å². The fourth-order valence-electron chi connectivity index (χ4n) is 5.42. The first-order chi connectivity index (χ1) is 40.7. The Morgan fingerprint density at radius 3 is 0.326 bits per heavy atom. The van der Waals surface area contributed by atoms with Gasteiger partial charge in [0.1, 0.15) is 90.1 Å². The second-order valence-corrected chi connectivity index (χ2v) is 31.6. The summed E-state index contributed by atoms with van der Waals surface area (Å²) in [4.78, 5) is -11.2. The van der Waals surface area contributed by atoms with Crippen LogP contribution in [0, 0.1) is 81.7 Å². The zero-order chi connectivity index (χ0) is 70.1. The van der Waals surface area contributed by atoms with E-state index >= 15 is 0 Å². The second-order valence-electron chi connectivity index (χ2n) is 14.6. The van der Waals surface area contributed by atoms with Gasteiger partial charge in [-0.2, -0.15) is 50.5 Å². The summed E-state index contributed by atoms with van der Waals surface area (Å²) in [6.07, 6.45) is 0. The predicted molar refractivity (Wildman–Crippen MR) is 272 cm³/mol. The molecule has 0 bridgehead atoms. The molecule has 0 aromatic heterocycles. The molecule has 0 aliphatic heterocycles. The van der Waals surface area contributed by atoms with Crippen molar-refractivity contribution in [3.05, 3.63) is 146 Å². The van der Waals surface area contributed by atoms with E-state index in [4.69, 9.17) is 31.5 Å². The molecule has 6 aromatic carbocycles. The Morgan fingerprint density at radius 1 is 0.185 bits per heavy atom. The minimum atomic E-state index is -4.95. The van der Waals surface area contributed by atoms with Crippen LogP contribution in [0.2, 0.25) is 0 Å². The van der Waals surface area contributed by atoms with E-state index in [1.54, 1.807) is 0 Å². The van der Waals surface area contributed by atoms with Crippen LogP contribution < -0.4 is 0 Å². The molecule has 42 nitrogen and oxygen atoms in total. The third-order valence-corrected chi connectivity index (χ3v) is 21.6. The average molecular weight is 1810 g/mol. The fraction of sp³-hybridized carbons (Fsp3) is 0. The largest absolute Gasteiger partial charge is 3.00 e. The van der Waals surface area contributed by atoms with Gasteiger partial charge in [-0.3, -0.25) is 0 Å². The summed E-state index contributed by atoms with van der Waals surface area (Å²) in [6.45, 7) is 0. The molecule has 506 valence electrons. The molecule has 56 heteroatoms. The Labute approximate surface area is 586 Å². The predicted octanol–water partition coefficient (Wildman–Crippen LogP) is -1.39. The molecule has 0 aliphatic rings. The maximum absolute atomic E-state index is 11.0. The van der Waals surface area contributed by atoms with Gasteiger partial charge in [-0.1, -0.05) is 72.8 Å². The molecule has 6 rings (SSSR count). The first kappa shape index (κ1) is 90.8. The van der Waals surface area contributed by atoms with Gasteiger partial charge in [0.2, 0.25) is 0 Å². The number of hydrogen-bond acceptors (Lipinski definition) is 42. The van der Waals surface area contributed by atoms with E-state index in [1.807, 2.05) is 0 Å². The second kappa shape index (κ2) is 36.3. The van der Waals surface area contributed by atoms with Gasteiger partial charge in [-0.05, 0) is 72.8 Å². The van der Waals surface area contributed by atoms with Crippen LogP contribution in [-0.4, -0.2) is 160 Å². The maximum Gasteiger partial charge on any atom is 3.00 e. The van der Waals surface area contributed by atoms with E-state index in [9.17, 15) is 128 Å². The van der Waals surface area contributed by atoms with E-state index in [-0.39, 0.29) is 81.7 Å². The average Bonchev–Trinajstić information content (AvgIpc) is 3.65. The van der Waals surface area contributed by atoms with Crippen LogP contribution in [0.4, 0.5) is 0 Å². The molecule has 0 saturated heterocycles. The first-order valence-electron chi connectivity index (χ1n) is 20.5. The third-order valence-electron chi connectivity index (χ3n) is 8.92. The van der Waals surface area contributed by atoms with Crippen molar-refractivity contribution in [1.82, 2.24) is 0 Å². The molecule has 92 heavy (non-hydrogen) atoms. The van der Waals surface area contributed by atoms with E-state index in [1.165, 1.54) is 72.8 Å². The van der Waals surface area contributed by atoms with Crippen LogP contribution in [-0.2, 0) is 147 Å². The van der Waals surface area contributed by atoms with Crippen LogP contribution in [0.25, 0.3) is 0 Å². The molecule has 0 atom stereocenters. The van der Waals surface area contributed by atoms with Gasteiger partial charge >= 0.3 is 142 Å². The summed E-state index contributed by atoms with van der Waals surface area (Å²) in [6, 6.07) is 23.9. The van der Waals surface area contributed by atoms with E-state index < -0.39 is 180 Å². The summed E-state index contributed by atoms with van der Waals surface area (Å²) in [7, 11) is -57.5. The molecule has 0 unspecified atom stereocenters. The summed E-state index contributed by atoms with van der Waals surface area (Å²) in [5.74, 6) is 0. The Kier molecular flexibility index (Phi) is 35.8. The fourth-order valence-corrected chi connectivity index (χ4v) is 16.3. The van der Waals surface area contributed by atoms with Crippen molar-refractivity contribution in [3.8, 4) is 0 Å². The van der Waals surface area contributed by atoms with Gasteiger partial charge in [0.15, 0.2) is 0 Å².